The third kappa shape index (κ3) is 2.73. The molecule has 0 unspecified atom stereocenters. The molecule has 1 heterocycles. The zero-order valence-corrected chi connectivity index (χ0v) is 14.2. The summed E-state index contributed by atoms with van der Waals surface area (Å²) in [4.78, 5) is 26.9. The summed E-state index contributed by atoms with van der Waals surface area (Å²) in [5, 5.41) is 11.1. The number of aryl methyl sites for hydroxylation is 2. The molecule has 1 aliphatic heterocycles. The Balaban J connectivity index is 2.00. The highest BCUT2D eigenvalue weighted by Crippen LogP contribution is 2.42. The van der Waals surface area contributed by atoms with E-state index < -0.39 is 11.5 Å². The lowest BCUT2D eigenvalue weighted by Gasteiger charge is -2.22. The molecule has 0 saturated heterocycles. The molecule has 2 aromatic rings. The smallest absolute Gasteiger partial charge is 0.265 e. The van der Waals surface area contributed by atoms with Crippen LogP contribution in [-0.4, -0.2) is 23.3 Å². The van der Waals surface area contributed by atoms with Crippen LogP contribution in [0.25, 0.3) is 0 Å². The van der Waals surface area contributed by atoms with Crippen LogP contribution in [0.1, 0.15) is 33.5 Å². The Morgan fingerprint density at radius 2 is 1.96 bits per heavy atom. The fourth-order valence-electron chi connectivity index (χ4n) is 3.38. The molecule has 0 spiro atoms. The van der Waals surface area contributed by atoms with Gasteiger partial charge < -0.3 is 5.11 Å². The number of para-hydroxylation sites is 1. The minimum absolute atomic E-state index is 0.0515. The average Bonchev–Trinajstić information content (AvgIpc) is 2.77. The second-order valence-electron chi connectivity index (χ2n) is 6.39. The van der Waals surface area contributed by atoms with Gasteiger partial charge in [0.2, 0.25) is 0 Å². The zero-order valence-electron chi connectivity index (χ0n) is 14.2. The van der Waals surface area contributed by atoms with Gasteiger partial charge in [0.1, 0.15) is 0 Å². The quantitative estimate of drug-likeness (QED) is 0.691. The van der Waals surface area contributed by atoms with Gasteiger partial charge in [0.15, 0.2) is 11.4 Å². The monoisotopic (exact) mass is 333 g/mol. The van der Waals surface area contributed by atoms with E-state index in [0.717, 1.165) is 11.1 Å². The number of amides is 1. The molecule has 126 valence electrons. The minimum Gasteiger partial charge on any atom is -0.375 e. The number of rotatable bonds is 4. The summed E-state index contributed by atoms with van der Waals surface area (Å²) in [6.45, 7) is 3.85. The Morgan fingerprint density at radius 1 is 1.24 bits per heavy atom. The highest BCUT2D eigenvalue weighted by atomic mass is 16.3. The van der Waals surface area contributed by atoms with Crippen LogP contribution in [0.2, 0.25) is 0 Å². The highest BCUT2D eigenvalue weighted by molar-refractivity contribution is 6.11. The van der Waals surface area contributed by atoms with Crippen molar-refractivity contribution in [3.63, 3.8) is 0 Å². The van der Waals surface area contributed by atoms with E-state index in [1.54, 1.807) is 30.3 Å². The van der Waals surface area contributed by atoms with E-state index in [0.29, 0.717) is 16.8 Å². The maximum atomic E-state index is 12.8. The Hall–Kier alpha value is -2.90. The van der Waals surface area contributed by atoms with Crippen LogP contribution in [0.5, 0.6) is 0 Å². The molecule has 25 heavy (non-hydrogen) atoms. The van der Waals surface area contributed by atoms with Crippen molar-refractivity contribution >= 4 is 17.4 Å². The average molecular weight is 333 g/mol. The summed E-state index contributed by atoms with van der Waals surface area (Å²) in [5.74, 6) is 1.60. The van der Waals surface area contributed by atoms with Gasteiger partial charge in [0.25, 0.3) is 5.91 Å². The summed E-state index contributed by atoms with van der Waals surface area (Å²) in [6.07, 6.45) is 5.04. The molecule has 2 aromatic carbocycles. The lowest BCUT2D eigenvalue weighted by Crippen LogP contribution is -2.42. The predicted molar refractivity (Wildman–Crippen MR) is 96.4 cm³/mol. The normalized spacial score (nSPS) is 18.8. The van der Waals surface area contributed by atoms with E-state index in [1.807, 2.05) is 26.0 Å². The molecule has 0 bridgehead atoms. The van der Waals surface area contributed by atoms with Gasteiger partial charge in [-0.1, -0.05) is 47.9 Å². The summed E-state index contributed by atoms with van der Waals surface area (Å²) < 4.78 is 0. The number of fused-ring (bicyclic) bond motifs is 1. The maximum Gasteiger partial charge on any atom is 0.265 e. The molecule has 1 amide bonds. The highest BCUT2D eigenvalue weighted by Gasteiger charge is 2.50. The van der Waals surface area contributed by atoms with E-state index in [2.05, 4.69) is 5.92 Å². The number of Topliss-reactive ketones (excluding diaryl/α,β-unsaturated/α-hetero) is 1. The molecular formula is C21H19NO3. The molecule has 1 N–H and O–H groups in total. The van der Waals surface area contributed by atoms with Crippen molar-refractivity contribution in [3.8, 4) is 12.3 Å². The third-order valence-corrected chi connectivity index (χ3v) is 4.59. The molecule has 0 aliphatic carbocycles. The standard InChI is InChI=1S/C21H19NO3/c1-4-11-22-18-8-6-5-7-17(18)21(25,20(22)24)13-19(23)16-10-9-14(2)12-15(16)3/h1,5-10,12,25H,11,13H2,2-3H3/t21-/m0/s1. The van der Waals surface area contributed by atoms with Gasteiger partial charge in [-0.05, 0) is 25.5 Å². The first-order valence-corrected chi connectivity index (χ1v) is 8.06. The van der Waals surface area contributed by atoms with Gasteiger partial charge in [0, 0.05) is 11.1 Å². The Labute approximate surface area is 147 Å². The number of hydrogen-bond acceptors (Lipinski definition) is 3. The second kappa shape index (κ2) is 6.19. The van der Waals surface area contributed by atoms with Gasteiger partial charge in [0.05, 0.1) is 18.7 Å². The number of terminal acetylenes is 1. The number of nitrogens with zero attached hydrogens (tertiary/aromatic N) is 1. The minimum atomic E-state index is -1.89. The van der Waals surface area contributed by atoms with Crippen molar-refractivity contribution in [2.24, 2.45) is 0 Å². The number of benzene rings is 2. The molecular weight excluding hydrogens is 314 g/mol. The van der Waals surface area contributed by atoms with Crippen molar-refractivity contribution in [3.05, 3.63) is 64.7 Å². The summed E-state index contributed by atoms with van der Waals surface area (Å²) >= 11 is 0. The first-order chi connectivity index (χ1) is 11.9. The van der Waals surface area contributed by atoms with Crippen LogP contribution in [0.4, 0.5) is 5.69 Å². The number of ketones is 1. The van der Waals surface area contributed by atoms with Crippen molar-refractivity contribution in [2.45, 2.75) is 25.9 Å². The van der Waals surface area contributed by atoms with E-state index in [1.165, 1.54) is 4.90 Å². The van der Waals surface area contributed by atoms with Gasteiger partial charge in [-0.2, -0.15) is 0 Å². The largest absolute Gasteiger partial charge is 0.375 e. The summed E-state index contributed by atoms with van der Waals surface area (Å²) in [7, 11) is 0. The Morgan fingerprint density at radius 3 is 2.64 bits per heavy atom. The number of anilines is 1. The van der Waals surface area contributed by atoms with Gasteiger partial charge >= 0.3 is 0 Å². The fraction of sp³-hybridized carbons (Fsp3) is 0.238. The van der Waals surface area contributed by atoms with Gasteiger partial charge in [-0.25, -0.2) is 0 Å². The van der Waals surface area contributed by atoms with Crippen LogP contribution in [-0.2, 0) is 10.4 Å². The molecule has 0 radical (unpaired) electrons. The first kappa shape index (κ1) is 16.9. The SMILES string of the molecule is C#CCN1C(=O)[C@](O)(CC(=O)c2ccc(C)cc2C)c2ccccc21. The van der Waals surface area contributed by atoms with E-state index in [4.69, 9.17) is 6.42 Å². The summed E-state index contributed by atoms with van der Waals surface area (Å²) in [5.41, 5.74) is 1.49. The first-order valence-electron chi connectivity index (χ1n) is 8.06. The van der Waals surface area contributed by atoms with Gasteiger partial charge in [-0.15, -0.1) is 6.42 Å². The van der Waals surface area contributed by atoms with Crippen LogP contribution >= 0.6 is 0 Å². The Kier molecular flexibility index (Phi) is 4.20. The zero-order chi connectivity index (χ0) is 18.2. The third-order valence-electron chi connectivity index (χ3n) is 4.59. The van der Waals surface area contributed by atoms with Gasteiger partial charge in [-0.3, -0.25) is 14.5 Å². The second-order valence-corrected chi connectivity index (χ2v) is 6.39. The van der Waals surface area contributed by atoms with Crippen molar-refractivity contribution in [2.75, 3.05) is 11.4 Å². The predicted octanol–water partition coefficient (Wildman–Crippen LogP) is 2.74. The number of aliphatic hydroxyl groups is 1. The van der Waals surface area contributed by atoms with Crippen LogP contribution in [0, 0.1) is 26.2 Å². The molecule has 1 atom stereocenters. The van der Waals surface area contributed by atoms with Crippen LogP contribution in [0.3, 0.4) is 0 Å². The number of carbonyl (C=O) groups excluding carboxylic acids is 2. The van der Waals surface area contributed by atoms with Crippen LogP contribution < -0.4 is 4.90 Å². The topological polar surface area (TPSA) is 57.6 Å². The molecule has 3 rings (SSSR count). The fourth-order valence-corrected chi connectivity index (χ4v) is 3.38. The lowest BCUT2D eigenvalue weighted by atomic mass is 9.87. The molecule has 4 nitrogen and oxygen atoms in total. The van der Waals surface area contributed by atoms with Crippen LogP contribution in [0.15, 0.2) is 42.5 Å². The Bertz CT molecular complexity index is 910. The van der Waals surface area contributed by atoms with E-state index in [9.17, 15) is 14.7 Å². The van der Waals surface area contributed by atoms with Crippen molar-refractivity contribution < 1.29 is 14.7 Å². The summed E-state index contributed by atoms with van der Waals surface area (Å²) in [6, 6.07) is 12.4. The molecule has 0 saturated carbocycles. The van der Waals surface area contributed by atoms with Crippen molar-refractivity contribution in [1.29, 1.82) is 0 Å². The molecule has 0 aromatic heterocycles. The lowest BCUT2D eigenvalue weighted by molar-refractivity contribution is -0.135. The molecule has 4 heteroatoms. The maximum absolute atomic E-state index is 12.8. The number of carbonyl (C=O) groups is 2. The van der Waals surface area contributed by atoms with E-state index in [-0.39, 0.29) is 18.7 Å². The van der Waals surface area contributed by atoms with Crippen molar-refractivity contribution in [1.82, 2.24) is 0 Å². The number of hydrogen-bond donors (Lipinski definition) is 1. The van der Waals surface area contributed by atoms with E-state index >= 15 is 0 Å². The molecule has 0 fully saturated rings. The molecule has 1 aliphatic rings.